The summed E-state index contributed by atoms with van der Waals surface area (Å²) in [6.07, 6.45) is 0.965. The van der Waals surface area contributed by atoms with E-state index in [9.17, 15) is 14.7 Å². The minimum absolute atomic E-state index is 0.306. The maximum Gasteiger partial charge on any atom is 0.321 e. The van der Waals surface area contributed by atoms with Gasteiger partial charge in [-0.05, 0) is 18.4 Å². The molecule has 3 amide bonds. The lowest BCUT2D eigenvalue weighted by Gasteiger charge is -2.35. The number of aliphatic hydroxyl groups excluding tert-OH is 1. The lowest BCUT2D eigenvalue weighted by Crippen LogP contribution is -2.48. The van der Waals surface area contributed by atoms with E-state index >= 15 is 0 Å². The number of carbonyl (C=O) groups is 2. The van der Waals surface area contributed by atoms with E-state index in [2.05, 4.69) is 10.6 Å². The average molecular weight is 291 g/mol. The molecule has 0 bridgehead atoms. The molecular weight excluding hydrogens is 270 g/mol. The summed E-state index contributed by atoms with van der Waals surface area (Å²) in [5.74, 6) is -0.350. The first-order chi connectivity index (χ1) is 10.1. The third-order valence-corrected chi connectivity index (χ3v) is 3.69. The molecule has 1 aliphatic rings. The number of likely N-dealkylation sites (tertiary alicyclic amines) is 1. The molecule has 2 rings (SSSR count). The Morgan fingerprint density at radius 1 is 1.24 bits per heavy atom. The van der Waals surface area contributed by atoms with Gasteiger partial charge in [0.05, 0.1) is 6.10 Å². The molecular formula is C15H21N3O3. The molecule has 21 heavy (non-hydrogen) atoms. The highest BCUT2D eigenvalue weighted by atomic mass is 16.3. The van der Waals surface area contributed by atoms with Crippen LogP contribution in [0.1, 0.15) is 24.4 Å². The summed E-state index contributed by atoms with van der Waals surface area (Å²) in [6.45, 7) is 1.25. The Kier molecular flexibility index (Phi) is 5.30. The number of rotatable bonds is 3. The second-order valence-corrected chi connectivity index (χ2v) is 5.15. The van der Waals surface area contributed by atoms with Crippen molar-refractivity contribution in [1.82, 2.24) is 15.5 Å². The SMILES string of the molecule is CNC(=O)NC(=O)C(c1ccccc1)N1CCC(O)CC1. The molecule has 1 aromatic carbocycles. The van der Waals surface area contributed by atoms with Gasteiger partial charge in [0.15, 0.2) is 0 Å². The van der Waals surface area contributed by atoms with Gasteiger partial charge in [0.25, 0.3) is 0 Å². The van der Waals surface area contributed by atoms with Crippen LogP contribution in [-0.4, -0.2) is 48.2 Å². The first-order valence-corrected chi connectivity index (χ1v) is 7.11. The lowest BCUT2D eigenvalue weighted by atomic mass is 10.00. The van der Waals surface area contributed by atoms with Crippen molar-refractivity contribution in [2.45, 2.75) is 25.0 Å². The van der Waals surface area contributed by atoms with E-state index in [1.165, 1.54) is 7.05 Å². The van der Waals surface area contributed by atoms with Gasteiger partial charge in [-0.1, -0.05) is 30.3 Å². The van der Waals surface area contributed by atoms with E-state index < -0.39 is 12.1 Å². The first-order valence-electron chi connectivity index (χ1n) is 7.11. The van der Waals surface area contributed by atoms with Crippen molar-refractivity contribution in [3.8, 4) is 0 Å². The van der Waals surface area contributed by atoms with Crippen LogP contribution in [0.15, 0.2) is 30.3 Å². The zero-order chi connectivity index (χ0) is 15.2. The van der Waals surface area contributed by atoms with Crippen LogP contribution in [0.5, 0.6) is 0 Å². The summed E-state index contributed by atoms with van der Waals surface area (Å²) in [6, 6.07) is 8.34. The van der Waals surface area contributed by atoms with Crippen LogP contribution in [0.4, 0.5) is 4.79 Å². The number of benzene rings is 1. The Bertz CT molecular complexity index is 484. The number of nitrogens with one attached hydrogen (secondary N) is 2. The number of aliphatic hydroxyl groups is 1. The van der Waals surface area contributed by atoms with Gasteiger partial charge in [-0.3, -0.25) is 15.0 Å². The largest absolute Gasteiger partial charge is 0.393 e. The molecule has 1 unspecified atom stereocenters. The van der Waals surface area contributed by atoms with Crippen LogP contribution >= 0.6 is 0 Å². The van der Waals surface area contributed by atoms with E-state index in [-0.39, 0.29) is 12.0 Å². The van der Waals surface area contributed by atoms with Crippen molar-refractivity contribution >= 4 is 11.9 Å². The van der Waals surface area contributed by atoms with Gasteiger partial charge in [-0.2, -0.15) is 0 Å². The van der Waals surface area contributed by atoms with Crippen LogP contribution < -0.4 is 10.6 Å². The summed E-state index contributed by atoms with van der Waals surface area (Å²) in [5.41, 5.74) is 0.843. The number of amides is 3. The van der Waals surface area contributed by atoms with E-state index in [0.29, 0.717) is 25.9 Å². The molecule has 6 nitrogen and oxygen atoms in total. The van der Waals surface area contributed by atoms with E-state index in [1.54, 1.807) is 0 Å². The smallest absolute Gasteiger partial charge is 0.321 e. The minimum atomic E-state index is -0.518. The highest BCUT2D eigenvalue weighted by Crippen LogP contribution is 2.25. The average Bonchev–Trinajstić information content (AvgIpc) is 2.50. The zero-order valence-electron chi connectivity index (χ0n) is 12.1. The molecule has 1 aromatic rings. The van der Waals surface area contributed by atoms with Gasteiger partial charge >= 0.3 is 6.03 Å². The van der Waals surface area contributed by atoms with Crippen molar-refractivity contribution in [3.63, 3.8) is 0 Å². The third-order valence-electron chi connectivity index (χ3n) is 3.69. The van der Waals surface area contributed by atoms with Crippen LogP contribution in [0.3, 0.4) is 0 Å². The second kappa shape index (κ2) is 7.19. The summed E-state index contributed by atoms with van der Waals surface area (Å²) in [5, 5.41) is 14.3. The van der Waals surface area contributed by atoms with Gasteiger partial charge in [0, 0.05) is 20.1 Å². The van der Waals surface area contributed by atoms with Gasteiger partial charge in [0.1, 0.15) is 6.04 Å². The summed E-state index contributed by atoms with van der Waals surface area (Å²) < 4.78 is 0. The molecule has 1 fully saturated rings. The van der Waals surface area contributed by atoms with Crippen LogP contribution in [-0.2, 0) is 4.79 Å². The van der Waals surface area contributed by atoms with Crippen molar-refractivity contribution in [2.24, 2.45) is 0 Å². The van der Waals surface area contributed by atoms with Crippen molar-refractivity contribution in [2.75, 3.05) is 20.1 Å². The summed E-state index contributed by atoms with van der Waals surface area (Å²) in [7, 11) is 1.47. The molecule has 1 aliphatic heterocycles. The molecule has 0 aromatic heterocycles. The number of hydrogen-bond acceptors (Lipinski definition) is 4. The molecule has 114 valence electrons. The van der Waals surface area contributed by atoms with Gasteiger partial charge in [-0.15, -0.1) is 0 Å². The van der Waals surface area contributed by atoms with Crippen LogP contribution in [0, 0.1) is 0 Å². The number of carbonyl (C=O) groups excluding carboxylic acids is 2. The van der Waals surface area contributed by atoms with E-state index in [1.807, 2.05) is 35.2 Å². The number of urea groups is 1. The molecule has 0 aliphatic carbocycles. The van der Waals surface area contributed by atoms with Gasteiger partial charge < -0.3 is 10.4 Å². The van der Waals surface area contributed by atoms with Crippen LogP contribution in [0.25, 0.3) is 0 Å². The predicted octanol–water partition coefficient (Wildman–Crippen LogP) is 0.640. The molecule has 0 saturated carbocycles. The molecule has 0 radical (unpaired) electrons. The maximum absolute atomic E-state index is 12.4. The zero-order valence-corrected chi connectivity index (χ0v) is 12.1. The normalized spacial score (nSPS) is 18.0. The van der Waals surface area contributed by atoms with E-state index in [0.717, 1.165) is 5.56 Å². The monoisotopic (exact) mass is 291 g/mol. The fourth-order valence-corrected chi connectivity index (χ4v) is 2.55. The Hall–Kier alpha value is -1.92. The topological polar surface area (TPSA) is 81.7 Å². The number of hydrogen-bond donors (Lipinski definition) is 3. The van der Waals surface area contributed by atoms with Crippen molar-refractivity contribution in [3.05, 3.63) is 35.9 Å². The second-order valence-electron chi connectivity index (χ2n) is 5.15. The lowest BCUT2D eigenvalue weighted by molar-refractivity contribution is -0.126. The Balaban J connectivity index is 2.18. The number of piperidine rings is 1. The fourth-order valence-electron chi connectivity index (χ4n) is 2.55. The summed E-state index contributed by atoms with van der Waals surface area (Å²) >= 11 is 0. The Labute approximate surface area is 124 Å². The molecule has 0 spiro atoms. The van der Waals surface area contributed by atoms with Crippen molar-refractivity contribution in [1.29, 1.82) is 0 Å². The number of nitrogens with zero attached hydrogens (tertiary/aromatic N) is 1. The highest BCUT2D eigenvalue weighted by molar-refractivity contribution is 5.97. The molecule has 1 saturated heterocycles. The third kappa shape index (κ3) is 4.03. The first kappa shape index (κ1) is 15.5. The minimum Gasteiger partial charge on any atom is -0.393 e. The predicted molar refractivity (Wildman–Crippen MR) is 78.6 cm³/mol. The molecule has 6 heteroatoms. The summed E-state index contributed by atoms with van der Waals surface area (Å²) in [4.78, 5) is 25.8. The quantitative estimate of drug-likeness (QED) is 0.763. The standard InChI is InChI=1S/C15H21N3O3/c1-16-15(21)17-14(20)13(11-5-3-2-4-6-11)18-9-7-12(19)8-10-18/h2-6,12-13,19H,7-10H2,1H3,(H2,16,17,20,21). The van der Waals surface area contributed by atoms with E-state index in [4.69, 9.17) is 0 Å². The molecule has 1 heterocycles. The highest BCUT2D eigenvalue weighted by Gasteiger charge is 2.31. The van der Waals surface area contributed by atoms with Crippen LogP contribution in [0.2, 0.25) is 0 Å². The molecule has 3 N–H and O–H groups in total. The van der Waals surface area contributed by atoms with Gasteiger partial charge in [0.2, 0.25) is 5.91 Å². The van der Waals surface area contributed by atoms with Crippen molar-refractivity contribution < 1.29 is 14.7 Å². The van der Waals surface area contributed by atoms with Gasteiger partial charge in [-0.25, -0.2) is 4.79 Å². The Morgan fingerprint density at radius 2 is 1.86 bits per heavy atom. The fraction of sp³-hybridized carbons (Fsp3) is 0.467. The maximum atomic E-state index is 12.4. The number of imide groups is 1. The molecule has 1 atom stereocenters. The Morgan fingerprint density at radius 3 is 2.43 bits per heavy atom.